The molecule has 0 saturated heterocycles. The monoisotopic (exact) mass is 414 g/mol. The lowest BCUT2D eigenvalue weighted by atomic mass is 10.2. The highest BCUT2D eigenvalue weighted by Gasteiger charge is 2.13. The van der Waals surface area contributed by atoms with Gasteiger partial charge in [0.1, 0.15) is 16.7 Å². The second-order valence-electron chi connectivity index (χ2n) is 6.26. The normalized spacial score (nSPS) is 11.0. The van der Waals surface area contributed by atoms with Gasteiger partial charge in [-0.2, -0.15) is 10.2 Å². The van der Waals surface area contributed by atoms with Crippen LogP contribution in [-0.2, 0) is 11.2 Å². The average molecular weight is 415 g/mol. The van der Waals surface area contributed by atoms with Gasteiger partial charge in [-0.05, 0) is 55.3 Å². The van der Waals surface area contributed by atoms with Crippen molar-refractivity contribution in [2.75, 3.05) is 6.61 Å². The highest BCUT2D eigenvalue weighted by molar-refractivity contribution is 6.32. The first-order valence-corrected chi connectivity index (χ1v) is 9.40. The Morgan fingerprint density at radius 3 is 2.59 bits per heavy atom. The maximum atomic E-state index is 13.1. The van der Waals surface area contributed by atoms with Crippen molar-refractivity contribution in [3.05, 3.63) is 76.3 Å². The number of hydrazone groups is 1. The van der Waals surface area contributed by atoms with Crippen molar-refractivity contribution in [3.8, 4) is 11.4 Å². The molecular formula is C21H20ClFN4O2. The largest absolute Gasteiger partial charge is 0.484 e. The topological polar surface area (TPSA) is 68.5 Å². The fraction of sp³-hybridized carbons (Fsp3) is 0.190. The third kappa shape index (κ3) is 5.20. The van der Waals surface area contributed by atoms with Crippen LogP contribution in [0.5, 0.6) is 5.75 Å². The number of amides is 1. The van der Waals surface area contributed by atoms with Gasteiger partial charge in [0.25, 0.3) is 5.91 Å². The van der Waals surface area contributed by atoms with Gasteiger partial charge in [0.05, 0.1) is 23.2 Å². The number of hydrogen-bond donors (Lipinski definition) is 1. The number of rotatable bonds is 7. The Kier molecular flexibility index (Phi) is 6.61. The second kappa shape index (κ2) is 9.34. The molecule has 8 heteroatoms. The molecule has 1 heterocycles. The maximum Gasteiger partial charge on any atom is 0.277 e. The number of hydrogen-bond acceptors (Lipinski definition) is 4. The van der Waals surface area contributed by atoms with Gasteiger partial charge < -0.3 is 4.74 Å². The zero-order valence-corrected chi connectivity index (χ0v) is 16.8. The highest BCUT2D eigenvalue weighted by atomic mass is 35.5. The Balaban J connectivity index is 1.59. The van der Waals surface area contributed by atoms with Crippen LogP contribution in [0.3, 0.4) is 0 Å². The third-order valence-corrected chi connectivity index (χ3v) is 4.57. The van der Waals surface area contributed by atoms with Crippen molar-refractivity contribution < 1.29 is 13.9 Å². The summed E-state index contributed by atoms with van der Waals surface area (Å²) in [6.07, 6.45) is 2.35. The van der Waals surface area contributed by atoms with E-state index in [9.17, 15) is 9.18 Å². The lowest BCUT2D eigenvalue weighted by Crippen LogP contribution is -2.24. The molecule has 2 aromatic carbocycles. The predicted octanol–water partition coefficient (Wildman–Crippen LogP) is 4.06. The smallest absolute Gasteiger partial charge is 0.277 e. The van der Waals surface area contributed by atoms with E-state index in [0.29, 0.717) is 27.8 Å². The molecule has 0 aliphatic rings. The van der Waals surface area contributed by atoms with Crippen LogP contribution in [0.1, 0.15) is 23.7 Å². The van der Waals surface area contributed by atoms with Crippen LogP contribution in [0.2, 0.25) is 5.15 Å². The molecule has 1 N–H and O–H groups in total. The number of carbonyl (C=O) groups excluding carboxylic acids is 1. The van der Waals surface area contributed by atoms with Gasteiger partial charge >= 0.3 is 0 Å². The summed E-state index contributed by atoms with van der Waals surface area (Å²) in [4.78, 5) is 11.9. The first-order valence-electron chi connectivity index (χ1n) is 9.02. The number of nitrogens with one attached hydrogen (secondary N) is 1. The molecule has 0 unspecified atom stereocenters. The van der Waals surface area contributed by atoms with Gasteiger partial charge in [-0.1, -0.05) is 30.7 Å². The third-order valence-electron chi connectivity index (χ3n) is 4.20. The summed E-state index contributed by atoms with van der Waals surface area (Å²) in [6.45, 7) is 3.67. The molecule has 0 aliphatic carbocycles. The number of aryl methyl sites for hydroxylation is 2. The fourth-order valence-corrected chi connectivity index (χ4v) is 2.90. The standard InChI is InChI=1S/C21H20ClFN4O2/c1-3-15-4-10-18(11-5-15)29-13-20(28)25-24-12-19-14(2)26-27(21(19)22)17-8-6-16(23)7-9-17/h4-12H,3,13H2,1-2H3,(H,25,28)/b24-12+. The van der Waals surface area contributed by atoms with Gasteiger partial charge in [-0.3, -0.25) is 4.79 Å². The summed E-state index contributed by atoms with van der Waals surface area (Å²) in [6, 6.07) is 13.3. The van der Waals surface area contributed by atoms with E-state index in [1.54, 1.807) is 19.1 Å². The molecule has 0 spiro atoms. The van der Waals surface area contributed by atoms with Crippen molar-refractivity contribution in [3.63, 3.8) is 0 Å². The zero-order valence-electron chi connectivity index (χ0n) is 16.0. The Hall–Kier alpha value is -3.19. The molecule has 0 saturated carbocycles. The minimum Gasteiger partial charge on any atom is -0.484 e. The number of ether oxygens (including phenoxy) is 1. The van der Waals surface area contributed by atoms with Crippen LogP contribution < -0.4 is 10.2 Å². The number of nitrogens with zero attached hydrogens (tertiary/aromatic N) is 3. The molecule has 0 bridgehead atoms. The van der Waals surface area contributed by atoms with Gasteiger partial charge in [-0.15, -0.1) is 0 Å². The number of benzene rings is 2. The van der Waals surface area contributed by atoms with Crippen molar-refractivity contribution in [1.82, 2.24) is 15.2 Å². The SMILES string of the molecule is CCc1ccc(OCC(=O)N/N=C/c2c(C)nn(-c3ccc(F)cc3)c2Cl)cc1. The molecule has 0 fully saturated rings. The fourth-order valence-electron chi connectivity index (χ4n) is 2.58. The van der Waals surface area contributed by atoms with E-state index in [1.807, 2.05) is 24.3 Å². The predicted molar refractivity (Wildman–Crippen MR) is 110 cm³/mol. The Morgan fingerprint density at radius 2 is 1.93 bits per heavy atom. The van der Waals surface area contributed by atoms with Crippen LogP contribution in [-0.4, -0.2) is 28.5 Å². The van der Waals surface area contributed by atoms with Gasteiger partial charge in [-0.25, -0.2) is 14.5 Å². The summed E-state index contributed by atoms with van der Waals surface area (Å²) in [5, 5.41) is 8.56. The molecule has 0 atom stereocenters. The summed E-state index contributed by atoms with van der Waals surface area (Å²) < 4.78 is 20.0. The average Bonchev–Trinajstić information content (AvgIpc) is 3.01. The molecule has 0 radical (unpaired) electrons. The van der Waals surface area contributed by atoms with Crippen molar-refractivity contribution in [2.45, 2.75) is 20.3 Å². The van der Waals surface area contributed by atoms with Crippen LogP contribution >= 0.6 is 11.6 Å². The van der Waals surface area contributed by atoms with Crippen molar-refractivity contribution in [2.24, 2.45) is 5.10 Å². The van der Waals surface area contributed by atoms with E-state index in [2.05, 4.69) is 22.5 Å². The molecule has 1 amide bonds. The molecule has 1 aromatic heterocycles. The second-order valence-corrected chi connectivity index (χ2v) is 6.62. The van der Waals surface area contributed by atoms with Gasteiger partial charge in [0.2, 0.25) is 0 Å². The van der Waals surface area contributed by atoms with E-state index in [1.165, 1.54) is 28.6 Å². The van der Waals surface area contributed by atoms with E-state index < -0.39 is 5.91 Å². The first-order chi connectivity index (χ1) is 14.0. The minimum atomic E-state index is -0.402. The van der Waals surface area contributed by atoms with Crippen LogP contribution in [0, 0.1) is 12.7 Å². The Bertz CT molecular complexity index is 1010. The lowest BCUT2D eigenvalue weighted by molar-refractivity contribution is -0.123. The van der Waals surface area contributed by atoms with Crippen molar-refractivity contribution in [1.29, 1.82) is 0 Å². The summed E-state index contributed by atoms with van der Waals surface area (Å²) in [7, 11) is 0. The van der Waals surface area contributed by atoms with E-state index in [0.717, 1.165) is 6.42 Å². The molecule has 0 aliphatic heterocycles. The molecule has 3 aromatic rings. The molecule has 150 valence electrons. The molecule has 6 nitrogen and oxygen atoms in total. The van der Waals surface area contributed by atoms with Crippen LogP contribution in [0.25, 0.3) is 5.69 Å². The summed E-state index contributed by atoms with van der Waals surface area (Å²) in [5.74, 6) is -0.136. The first kappa shape index (κ1) is 20.5. The Morgan fingerprint density at radius 1 is 1.24 bits per heavy atom. The minimum absolute atomic E-state index is 0.162. The summed E-state index contributed by atoms with van der Waals surface area (Å²) in [5.41, 5.74) is 5.37. The molecular weight excluding hydrogens is 395 g/mol. The van der Waals surface area contributed by atoms with E-state index >= 15 is 0 Å². The zero-order chi connectivity index (χ0) is 20.8. The maximum absolute atomic E-state index is 13.1. The lowest BCUT2D eigenvalue weighted by Gasteiger charge is -2.05. The van der Waals surface area contributed by atoms with E-state index in [-0.39, 0.29) is 12.4 Å². The van der Waals surface area contributed by atoms with Gasteiger partial charge in [0.15, 0.2) is 6.61 Å². The van der Waals surface area contributed by atoms with Gasteiger partial charge in [0, 0.05) is 0 Å². The molecule has 3 rings (SSSR count). The molecule has 29 heavy (non-hydrogen) atoms. The highest BCUT2D eigenvalue weighted by Crippen LogP contribution is 2.22. The van der Waals surface area contributed by atoms with Crippen LogP contribution in [0.4, 0.5) is 4.39 Å². The van der Waals surface area contributed by atoms with Crippen molar-refractivity contribution >= 4 is 23.7 Å². The summed E-state index contributed by atoms with van der Waals surface area (Å²) >= 11 is 6.36. The quantitative estimate of drug-likeness (QED) is 0.468. The van der Waals surface area contributed by atoms with Crippen LogP contribution in [0.15, 0.2) is 53.6 Å². The number of carbonyl (C=O) groups is 1. The van der Waals surface area contributed by atoms with E-state index in [4.69, 9.17) is 16.3 Å². The number of aromatic nitrogens is 2. The Labute approximate surface area is 173 Å². The number of halogens is 2.